The van der Waals surface area contributed by atoms with E-state index in [0.29, 0.717) is 24.0 Å². The third-order valence-corrected chi connectivity index (χ3v) is 4.57. The van der Waals surface area contributed by atoms with E-state index in [1.54, 1.807) is 0 Å². The van der Waals surface area contributed by atoms with Gasteiger partial charge in [0, 0.05) is 22.3 Å². The summed E-state index contributed by atoms with van der Waals surface area (Å²) in [6.07, 6.45) is 0. The Morgan fingerprint density at radius 2 is 1.76 bits per heavy atom. The van der Waals surface area contributed by atoms with Gasteiger partial charge in [-0.2, -0.15) is 0 Å². The van der Waals surface area contributed by atoms with Gasteiger partial charge in [0.2, 0.25) is 0 Å². The first-order chi connectivity index (χ1) is 7.93. The third kappa shape index (κ3) is 4.25. The number of rotatable bonds is 5. The number of hydrogen-bond acceptors (Lipinski definition) is 2. The van der Waals surface area contributed by atoms with Crippen LogP contribution in [0.5, 0.6) is 0 Å². The maximum atomic E-state index is 12.0. The van der Waals surface area contributed by atoms with Crippen LogP contribution >= 0.6 is 0 Å². The second-order valence-corrected chi connectivity index (χ2v) is 6.47. The lowest BCUT2D eigenvalue weighted by molar-refractivity contribution is 0.640. The molecule has 17 heavy (non-hydrogen) atoms. The molecule has 0 saturated heterocycles. The van der Waals surface area contributed by atoms with Crippen molar-refractivity contribution in [1.29, 1.82) is 0 Å². The van der Waals surface area contributed by atoms with Gasteiger partial charge in [0.1, 0.15) is 0 Å². The van der Waals surface area contributed by atoms with Crippen LogP contribution in [0.3, 0.4) is 0 Å². The Morgan fingerprint density at radius 1 is 1.24 bits per heavy atom. The summed E-state index contributed by atoms with van der Waals surface area (Å²) < 4.78 is 12.0. The van der Waals surface area contributed by atoms with Crippen molar-refractivity contribution in [2.24, 2.45) is 11.7 Å². The molecular weight excluding hydrogens is 230 g/mol. The Kier molecular flexibility index (Phi) is 5.34. The zero-order chi connectivity index (χ0) is 13.0. The first-order valence-corrected chi connectivity index (χ1v) is 7.54. The molecule has 1 rings (SSSR count). The molecular formula is C14H23NOS. The van der Waals surface area contributed by atoms with Gasteiger partial charge in [-0.15, -0.1) is 0 Å². The monoisotopic (exact) mass is 253 g/mol. The largest absolute Gasteiger partial charge is 0.330 e. The van der Waals surface area contributed by atoms with Gasteiger partial charge in [0.25, 0.3) is 0 Å². The van der Waals surface area contributed by atoms with E-state index in [1.807, 2.05) is 6.92 Å². The van der Waals surface area contributed by atoms with E-state index in [9.17, 15) is 4.21 Å². The van der Waals surface area contributed by atoms with E-state index in [2.05, 4.69) is 32.9 Å². The highest BCUT2D eigenvalue weighted by Gasteiger charge is 2.10. The van der Waals surface area contributed by atoms with Gasteiger partial charge >= 0.3 is 0 Å². The van der Waals surface area contributed by atoms with Crippen molar-refractivity contribution in [3.63, 3.8) is 0 Å². The van der Waals surface area contributed by atoms with Gasteiger partial charge < -0.3 is 5.73 Å². The SMILES string of the molecule is Cc1cc(C)c(CS(=O)CC(C)CN)c(C)c1. The average molecular weight is 253 g/mol. The summed E-state index contributed by atoms with van der Waals surface area (Å²) >= 11 is 0. The molecule has 2 unspecified atom stereocenters. The van der Waals surface area contributed by atoms with Gasteiger partial charge in [-0.05, 0) is 49.9 Å². The molecule has 2 nitrogen and oxygen atoms in total. The molecule has 0 amide bonds. The number of aryl methyl sites for hydroxylation is 3. The third-order valence-electron chi connectivity index (χ3n) is 3.02. The number of benzene rings is 1. The molecule has 96 valence electrons. The average Bonchev–Trinajstić information content (AvgIpc) is 2.23. The zero-order valence-electron chi connectivity index (χ0n) is 11.2. The van der Waals surface area contributed by atoms with Crippen LogP contribution in [-0.4, -0.2) is 16.5 Å². The van der Waals surface area contributed by atoms with Crippen LogP contribution in [0, 0.1) is 26.7 Å². The fourth-order valence-electron chi connectivity index (χ4n) is 2.04. The van der Waals surface area contributed by atoms with Crippen LogP contribution in [0.2, 0.25) is 0 Å². The van der Waals surface area contributed by atoms with E-state index in [-0.39, 0.29) is 0 Å². The summed E-state index contributed by atoms with van der Waals surface area (Å²) in [5.41, 5.74) is 10.6. The Balaban J connectivity index is 2.78. The summed E-state index contributed by atoms with van der Waals surface area (Å²) in [4.78, 5) is 0. The molecule has 2 N–H and O–H groups in total. The number of hydrogen-bond donors (Lipinski definition) is 1. The van der Waals surface area contributed by atoms with Crippen LogP contribution in [0.4, 0.5) is 0 Å². The van der Waals surface area contributed by atoms with Crippen molar-refractivity contribution < 1.29 is 4.21 Å². The predicted molar refractivity (Wildman–Crippen MR) is 75.6 cm³/mol. The molecule has 0 radical (unpaired) electrons. The van der Waals surface area contributed by atoms with Gasteiger partial charge in [-0.25, -0.2) is 0 Å². The highest BCUT2D eigenvalue weighted by molar-refractivity contribution is 7.84. The molecule has 0 aromatic heterocycles. The van der Waals surface area contributed by atoms with Gasteiger partial charge in [-0.1, -0.05) is 24.6 Å². The Labute approximate surface area is 107 Å². The maximum Gasteiger partial charge on any atom is 0.0491 e. The van der Waals surface area contributed by atoms with Crippen LogP contribution in [0.25, 0.3) is 0 Å². The minimum Gasteiger partial charge on any atom is -0.330 e. The van der Waals surface area contributed by atoms with Crippen molar-refractivity contribution in [3.05, 3.63) is 34.4 Å². The van der Waals surface area contributed by atoms with Crippen molar-refractivity contribution in [2.75, 3.05) is 12.3 Å². The summed E-state index contributed by atoms with van der Waals surface area (Å²) in [6, 6.07) is 4.32. The summed E-state index contributed by atoms with van der Waals surface area (Å²) in [6.45, 7) is 8.94. The van der Waals surface area contributed by atoms with Crippen molar-refractivity contribution >= 4 is 10.8 Å². The molecule has 0 aliphatic rings. The smallest absolute Gasteiger partial charge is 0.0491 e. The van der Waals surface area contributed by atoms with E-state index in [4.69, 9.17) is 5.73 Å². The predicted octanol–water partition coefficient (Wildman–Crippen LogP) is 2.46. The van der Waals surface area contributed by atoms with Crippen molar-refractivity contribution in [3.8, 4) is 0 Å². The number of nitrogens with two attached hydrogens (primary N) is 1. The standard InChI is InChI=1S/C14H23NOS/c1-10-5-12(3)14(13(4)6-10)9-17(16)8-11(2)7-15/h5-6,11H,7-9,15H2,1-4H3. The van der Waals surface area contributed by atoms with Crippen LogP contribution in [0.15, 0.2) is 12.1 Å². The first kappa shape index (κ1) is 14.4. The lowest BCUT2D eigenvalue weighted by Gasteiger charge is -2.13. The van der Waals surface area contributed by atoms with Gasteiger partial charge in [0.15, 0.2) is 0 Å². The zero-order valence-corrected chi connectivity index (χ0v) is 12.1. The van der Waals surface area contributed by atoms with Crippen molar-refractivity contribution in [2.45, 2.75) is 33.4 Å². The van der Waals surface area contributed by atoms with Crippen LogP contribution in [0.1, 0.15) is 29.2 Å². The Bertz CT molecular complexity index is 392. The Hall–Kier alpha value is -0.670. The first-order valence-electron chi connectivity index (χ1n) is 6.05. The maximum absolute atomic E-state index is 12.0. The molecule has 0 saturated carbocycles. The Morgan fingerprint density at radius 3 is 2.24 bits per heavy atom. The topological polar surface area (TPSA) is 43.1 Å². The fraction of sp³-hybridized carbons (Fsp3) is 0.571. The quantitative estimate of drug-likeness (QED) is 0.876. The molecule has 1 aromatic carbocycles. The van der Waals surface area contributed by atoms with E-state index in [0.717, 1.165) is 0 Å². The molecule has 1 aromatic rings. The van der Waals surface area contributed by atoms with Crippen molar-refractivity contribution in [1.82, 2.24) is 0 Å². The lowest BCUT2D eigenvalue weighted by atomic mass is 10.0. The molecule has 0 spiro atoms. The second kappa shape index (κ2) is 6.31. The molecule has 0 bridgehead atoms. The summed E-state index contributed by atoms with van der Waals surface area (Å²) in [7, 11) is -0.808. The minimum atomic E-state index is -0.808. The van der Waals surface area contributed by atoms with Crippen LogP contribution < -0.4 is 5.73 Å². The van der Waals surface area contributed by atoms with E-state index < -0.39 is 10.8 Å². The summed E-state index contributed by atoms with van der Waals surface area (Å²) in [5, 5.41) is 0. The molecule has 0 heterocycles. The molecule has 0 fully saturated rings. The highest BCUT2D eigenvalue weighted by Crippen LogP contribution is 2.18. The lowest BCUT2D eigenvalue weighted by Crippen LogP contribution is -2.18. The fourth-order valence-corrected chi connectivity index (χ4v) is 3.71. The molecule has 3 heteroatoms. The molecule has 0 aliphatic carbocycles. The van der Waals surface area contributed by atoms with Gasteiger partial charge in [0.05, 0.1) is 0 Å². The van der Waals surface area contributed by atoms with E-state index >= 15 is 0 Å². The van der Waals surface area contributed by atoms with E-state index in [1.165, 1.54) is 22.3 Å². The molecule has 0 aliphatic heterocycles. The highest BCUT2D eigenvalue weighted by atomic mass is 32.2. The van der Waals surface area contributed by atoms with Gasteiger partial charge in [-0.3, -0.25) is 4.21 Å². The normalized spacial score (nSPS) is 14.6. The molecule has 2 atom stereocenters. The minimum absolute atomic E-state index is 0.335. The van der Waals surface area contributed by atoms with Crippen LogP contribution in [-0.2, 0) is 16.6 Å². The second-order valence-electron chi connectivity index (χ2n) is 4.97. The summed E-state index contributed by atoms with van der Waals surface area (Å²) in [5.74, 6) is 1.69.